The number of anilines is 1. The van der Waals surface area contributed by atoms with Crippen LogP contribution < -0.4 is 10.2 Å². The molecule has 1 aliphatic heterocycles. The minimum Gasteiger partial charge on any atom is -0.352 e. The maximum Gasteiger partial charge on any atom is 0.318 e. The summed E-state index contributed by atoms with van der Waals surface area (Å²) in [7, 11) is 0. The van der Waals surface area contributed by atoms with Gasteiger partial charge in [-0.1, -0.05) is 36.7 Å². The van der Waals surface area contributed by atoms with Crippen LogP contribution >= 0.6 is 11.6 Å². The summed E-state index contributed by atoms with van der Waals surface area (Å²) in [6.07, 6.45) is 0.779. The van der Waals surface area contributed by atoms with E-state index in [1.165, 1.54) is 0 Å². The normalized spacial score (nSPS) is 15.1. The maximum absolute atomic E-state index is 13.0. The third-order valence-corrected chi connectivity index (χ3v) is 6.26. The molecule has 1 aliphatic rings. The molecule has 3 amide bonds. The SMILES string of the molecule is CCC(C)N(CC(=O)N1CCN(c2ccc(-c3ccccc3Cl)nn2)CC1)C(=O)NC(C)(C)C. The van der Waals surface area contributed by atoms with Gasteiger partial charge in [0.1, 0.15) is 6.54 Å². The average Bonchev–Trinajstić information content (AvgIpc) is 2.81. The highest BCUT2D eigenvalue weighted by Crippen LogP contribution is 2.26. The zero-order chi connectivity index (χ0) is 24.9. The van der Waals surface area contributed by atoms with Gasteiger partial charge in [0.15, 0.2) is 5.82 Å². The van der Waals surface area contributed by atoms with E-state index in [0.717, 1.165) is 23.5 Å². The van der Waals surface area contributed by atoms with Crippen LogP contribution in [0.3, 0.4) is 0 Å². The number of nitrogens with zero attached hydrogens (tertiary/aromatic N) is 5. The monoisotopic (exact) mass is 486 g/mol. The van der Waals surface area contributed by atoms with E-state index in [2.05, 4.69) is 20.4 Å². The summed E-state index contributed by atoms with van der Waals surface area (Å²) in [4.78, 5) is 31.4. The first-order valence-electron chi connectivity index (χ1n) is 11.8. The largest absolute Gasteiger partial charge is 0.352 e. The molecule has 2 heterocycles. The summed E-state index contributed by atoms with van der Waals surface area (Å²) in [6.45, 7) is 12.3. The Balaban J connectivity index is 1.58. The lowest BCUT2D eigenvalue weighted by molar-refractivity contribution is -0.132. The first-order chi connectivity index (χ1) is 16.1. The Hall–Kier alpha value is -2.87. The number of benzene rings is 1. The minimum atomic E-state index is -0.361. The Morgan fingerprint density at radius 2 is 1.76 bits per heavy atom. The molecule has 34 heavy (non-hydrogen) atoms. The summed E-state index contributed by atoms with van der Waals surface area (Å²) in [5.41, 5.74) is 1.21. The maximum atomic E-state index is 13.0. The van der Waals surface area contributed by atoms with Crippen molar-refractivity contribution in [2.45, 2.75) is 52.6 Å². The molecule has 1 aromatic carbocycles. The minimum absolute atomic E-state index is 0.0282. The van der Waals surface area contributed by atoms with Crippen molar-refractivity contribution in [3.63, 3.8) is 0 Å². The molecule has 0 bridgehead atoms. The Labute approximate surface area is 207 Å². The lowest BCUT2D eigenvalue weighted by Crippen LogP contribution is -2.56. The van der Waals surface area contributed by atoms with E-state index in [0.29, 0.717) is 31.2 Å². The lowest BCUT2D eigenvalue weighted by Gasteiger charge is -2.37. The van der Waals surface area contributed by atoms with Crippen molar-refractivity contribution in [2.75, 3.05) is 37.6 Å². The Morgan fingerprint density at radius 1 is 1.09 bits per heavy atom. The van der Waals surface area contributed by atoms with Crippen LogP contribution in [0.1, 0.15) is 41.0 Å². The molecule has 1 fully saturated rings. The first-order valence-corrected chi connectivity index (χ1v) is 12.2. The van der Waals surface area contributed by atoms with Crippen molar-refractivity contribution in [3.8, 4) is 11.3 Å². The van der Waals surface area contributed by atoms with Crippen molar-refractivity contribution >= 4 is 29.4 Å². The molecule has 1 saturated heterocycles. The Kier molecular flexibility index (Phi) is 8.36. The van der Waals surface area contributed by atoms with Crippen molar-refractivity contribution in [1.82, 2.24) is 25.3 Å². The Morgan fingerprint density at radius 3 is 2.32 bits per heavy atom. The highest BCUT2D eigenvalue weighted by atomic mass is 35.5. The zero-order valence-corrected chi connectivity index (χ0v) is 21.5. The smallest absolute Gasteiger partial charge is 0.318 e. The Bertz CT molecular complexity index is 984. The predicted octanol–water partition coefficient (Wildman–Crippen LogP) is 4.05. The molecule has 2 aromatic rings. The molecule has 0 spiro atoms. The highest BCUT2D eigenvalue weighted by molar-refractivity contribution is 6.33. The van der Waals surface area contributed by atoms with E-state index in [9.17, 15) is 9.59 Å². The number of urea groups is 1. The van der Waals surface area contributed by atoms with Gasteiger partial charge in [0, 0.05) is 43.3 Å². The van der Waals surface area contributed by atoms with Gasteiger partial charge in [-0.15, -0.1) is 10.2 Å². The van der Waals surface area contributed by atoms with Gasteiger partial charge in [-0.3, -0.25) is 4.79 Å². The van der Waals surface area contributed by atoms with Crippen LogP contribution in [0.4, 0.5) is 10.6 Å². The van der Waals surface area contributed by atoms with Crippen LogP contribution in [0.2, 0.25) is 5.02 Å². The second-order valence-electron chi connectivity index (χ2n) is 9.69. The summed E-state index contributed by atoms with van der Waals surface area (Å²) in [5.74, 6) is 0.734. The number of aromatic nitrogens is 2. The average molecular weight is 487 g/mol. The van der Waals surface area contributed by atoms with E-state index < -0.39 is 0 Å². The molecule has 1 unspecified atom stereocenters. The number of carbonyl (C=O) groups excluding carboxylic acids is 2. The van der Waals surface area contributed by atoms with Crippen molar-refractivity contribution < 1.29 is 9.59 Å². The second kappa shape index (κ2) is 11.0. The lowest BCUT2D eigenvalue weighted by atomic mass is 10.1. The second-order valence-corrected chi connectivity index (χ2v) is 10.1. The topological polar surface area (TPSA) is 81.7 Å². The summed E-state index contributed by atoms with van der Waals surface area (Å²) >= 11 is 6.26. The number of carbonyl (C=O) groups is 2. The van der Waals surface area contributed by atoms with E-state index in [-0.39, 0.29) is 30.1 Å². The molecular formula is C25H35ClN6O2. The molecule has 0 radical (unpaired) electrons. The van der Waals surface area contributed by atoms with Crippen LogP contribution in [0, 0.1) is 0 Å². The van der Waals surface area contributed by atoms with Crippen molar-refractivity contribution in [1.29, 1.82) is 0 Å². The number of nitrogens with one attached hydrogen (secondary N) is 1. The molecule has 0 saturated carbocycles. The molecule has 184 valence electrons. The number of piperazine rings is 1. The van der Waals surface area contributed by atoms with E-state index in [1.54, 1.807) is 4.90 Å². The van der Waals surface area contributed by atoms with E-state index in [1.807, 2.05) is 75.9 Å². The van der Waals surface area contributed by atoms with Gasteiger partial charge in [0.2, 0.25) is 5.91 Å². The third-order valence-electron chi connectivity index (χ3n) is 5.93. The van der Waals surface area contributed by atoms with Gasteiger partial charge < -0.3 is 20.0 Å². The number of hydrogen-bond donors (Lipinski definition) is 1. The number of rotatable bonds is 6. The number of amides is 3. The number of hydrogen-bond acceptors (Lipinski definition) is 5. The molecule has 3 rings (SSSR count). The summed E-state index contributed by atoms with van der Waals surface area (Å²) in [6, 6.07) is 11.2. The van der Waals surface area contributed by atoms with E-state index in [4.69, 9.17) is 11.6 Å². The van der Waals surface area contributed by atoms with Crippen LogP contribution in [-0.4, -0.2) is 76.2 Å². The van der Waals surface area contributed by atoms with Gasteiger partial charge in [-0.25, -0.2) is 4.79 Å². The van der Waals surface area contributed by atoms with Crippen molar-refractivity contribution in [2.24, 2.45) is 0 Å². The summed E-state index contributed by atoms with van der Waals surface area (Å²) in [5, 5.41) is 12.3. The quantitative estimate of drug-likeness (QED) is 0.666. The zero-order valence-electron chi connectivity index (χ0n) is 20.7. The fourth-order valence-electron chi connectivity index (χ4n) is 3.78. The standard InChI is InChI=1S/C25H35ClN6O2/c1-6-18(2)32(24(34)27-25(3,4)5)17-23(33)31-15-13-30(14-16-31)22-12-11-21(28-29-22)19-9-7-8-10-20(19)26/h7-12,18H,6,13-17H2,1-5H3,(H,27,34). The van der Waals surface area contributed by atoms with Gasteiger partial charge in [0.05, 0.1) is 10.7 Å². The van der Waals surface area contributed by atoms with Crippen LogP contribution in [0.25, 0.3) is 11.3 Å². The highest BCUT2D eigenvalue weighted by Gasteiger charge is 2.29. The fraction of sp³-hybridized carbons (Fsp3) is 0.520. The number of halogens is 1. The van der Waals surface area contributed by atoms with Gasteiger partial charge >= 0.3 is 6.03 Å². The van der Waals surface area contributed by atoms with Crippen LogP contribution in [0.5, 0.6) is 0 Å². The predicted molar refractivity (Wildman–Crippen MR) is 136 cm³/mol. The molecule has 1 aromatic heterocycles. The third kappa shape index (κ3) is 6.59. The molecule has 1 atom stereocenters. The van der Waals surface area contributed by atoms with Crippen LogP contribution in [-0.2, 0) is 4.79 Å². The van der Waals surface area contributed by atoms with Crippen molar-refractivity contribution in [3.05, 3.63) is 41.4 Å². The van der Waals surface area contributed by atoms with E-state index >= 15 is 0 Å². The molecular weight excluding hydrogens is 452 g/mol. The molecule has 8 nitrogen and oxygen atoms in total. The first kappa shape index (κ1) is 25.7. The summed E-state index contributed by atoms with van der Waals surface area (Å²) < 4.78 is 0. The fourth-order valence-corrected chi connectivity index (χ4v) is 4.01. The molecule has 0 aliphatic carbocycles. The molecule has 1 N–H and O–H groups in total. The van der Waals surface area contributed by atoms with Gasteiger partial charge in [0.25, 0.3) is 0 Å². The van der Waals surface area contributed by atoms with Crippen LogP contribution in [0.15, 0.2) is 36.4 Å². The van der Waals surface area contributed by atoms with Gasteiger partial charge in [-0.2, -0.15) is 0 Å². The molecule has 9 heteroatoms. The van der Waals surface area contributed by atoms with Gasteiger partial charge in [-0.05, 0) is 52.3 Å².